The second-order valence-electron chi connectivity index (χ2n) is 6.04. The fourth-order valence-electron chi connectivity index (χ4n) is 2.27. The molecule has 4 heteroatoms. The third-order valence-corrected chi connectivity index (χ3v) is 3.94. The summed E-state index contributed by atoms with van der Waals surface area (Å²) in [6.07, 6.45) is 2.89. The summed E-state index contributed by atoms with van der Waals surface area (Å²) in [7, 11) is 0. The molecule has 0 aliphatic carbocycles. The van der Waals surface area contributed by atoms with Crippen LogP contribution in [0.1, 0.15) is 47.0 Å². The molecule has 0 aromatic carbocycles. The van der Waals surface area contributed by atoms with Gasteiger partial charge in [-0.05, 0) is 38.1 Å². The van der Waals surface area contributed by atoms with E-state index in [2.05, 4.69) is 24.5 Å². The molecule has 2 atom stereocenters. The van der Waals surface area contributed by atoms with Crippen LogP contribution in [0, 0.1) is 5.41 Å². The average molecular weight is 242 g/mol. The first-order valence-corrected chi connectivity index (χ1v) is 6.51. The molecule has 100 valence electrons. The molecule has 0 spiro atoms. The Hall–Kier alpha value is -0.610. The predicted molar refractivity (Wildman–Crippen MR) is 68.7 cm³/mol. The first kappa shape index (κ1) is 14.5. The van der Waals surface area contributed by atoms with Crippen molar-refractivity contribution in [2.75, 3.05) is 13.2 Å². The van der Waals surface area contributed by atoms with E-state index in [-0.39, 0.29) is 24.0 Å². The number of piperidine rings is 1. The quantitative estimate of drug-likeness (QED) is 0.690. The van der Waals surface area contributed by atoms with Crippen LogP contribution in [0.5, 0.6) is 0 Å². The van der Waals surface area contributed by atoms with Crippen LogP contribution in [0.2, 0.25) is 0 Å². The first-order chi connectivity index (χ1) is 7.84. The van der Waals surface area contributed by atoms with Gasteiger partial charge in [-0.25, -0.2) is 0 Å². The van der Waals surface area contributed by atoms with Gasteiger partial charge >= 0.3 is 0 Å². The highest BCUT2D eigenvalue weighted by Crippen LogP contribution is 2.30. The minimum Gasteiger partial charge on any atom is -0.394 e. The van der Waals surface area contributed by atoms with Crippen molar-refractivity contribution in [2.24, 2.45) is 5.41 Å². The molecule has 3 N–H and O–H groups in total. The molecular weight excluding hydrogens is 216 g/mol. The molecule has 1 aliphatic heterocycles. The minimum atomic E-state index is -0.508. The standard InChI is InChI=1S/C13H26N2O2/c1-5-13(4,9-16)15-11(17)10-12(2,3)7-6-8-14-10/h10,14,16H,5-9H2,1-4H3,(H,15,17). The lowest BCUT2D eigenvalue weighted by Crippen LogP contribution is -2.60. The Bertz CT molecular complexity index is 273. The number of carbonyl (C=O) groups is 1. The van der Waals surface area contributed by atoms with Crippen molar-refractivity contribution in [2.45, 2.75) is 58.5 Å². The van der Waals surface area contributed by atoms with Gasteiger partial charge in [0, 0.05) is 0 Å². The van der Waals surface area contributed by atoms with Gasteiger partial charge in [0.25, 0.3) is 0 Å². The maximum Gasteiger partial charge on any atom is 0.238 e. The van der Waals surface area contributed by atoms with Crippen LogP contribution in [-0.2, 0) is 4.79 Å². The number of hydrogen-bond acceptors (Lipinski definition) is 3. The van der Waals surface area contributed by atoms with Gasteiger partial charge in [-0.1, -0.05) is 20.8 Å². The lowest BCUT2D eigenvalue weighted by atomic mass is 9.77. The summed E-state index contributed by atoms with van der Waals surface area (Å²) < 4.78 is 0. The van der Waals surface area contributed by atoms with Crippen LogP contribution in [0.25, 0.3) is 0 Å². The molecule has 0 saturated carbocycles. The van der Waals surface area contributed by atoms with Crippen molar-refractivity contribution in [3.8, 4) is 0 Å². The fraction of sp³-hybridized carbons (Fsp3) is 0.923. The van der Waals surface area contributed by atoms with Crippen molar-refractivity contribution >= 4 is 5.91 Å². The van der Waals surface area contributed by atoms with Crippen LogP contribution in [0.3, 0.4) is 0 Å². The van der Waals surface area contributed by atoms with E-state index in [1.165, 1.54) is 0 Å². The summed E-state index contributed by atoms with van der Waals surface area (Å²) in [5.41, 5.74) is -0.529. The van der Waals surface area contributed by atoms with Crippen molar-refractivity contribution in [3.05, 3.63) is 0 Å². The number of aliphatic hydroxyl groups excluding tert-OH is 1. The molecule has 1 heterocycles. The second-order valence-corrected chi connectivity index (χ2v) is 6.04. The molecule has 0 radical (unpaired) electrons. The lowest BCUT2D eigenvalue weighted by molar-refractivity contribution is -0.129. The first-order valence-electron chi connectivity index (χ1n) is 6.51. The summed E-state index contributed by atoms with van der Waals surface area (Å²) in [5.74, 6) is 0.00750. The molecule has 0 aromatic heterocycles. The Morgan fingerprint density at radius 1 is 1.59 bits per heavy atom. The number of amides is 1. The van der Waals surface area contributed by atoms with Crippen LogP contribution in [-0.4, -0.2) is 35.7 Å². The number of hydrogen-bond donors (Lipinski definition) is 3. The molecular formula is C13H26N2O2. The van der Waals surface area contributed by atoms with Gasteiger partial charge in [-0.3, -0.25) is 4.79 Å². The molecule has 1 saturated heterocycles. The fourth-order valence-corrected chi connectivity index (χ4v) is 2.27. The van der Waals surface area contributed by atoms with Crippen molar-refractivity contribution < 1.29 is 9.90 Å². The Labute approximate surface area is 104 Å². The topological polar surface area (TPSA) is 61.4 Å². The smallest absolute Gasteiger partial charge is 0.238 e. The molecule has 0 bridgehead atoms. The summed E-state index contributed by atoms with van der Waals surface area (Å²) in [4.78, 5) is 12.3. The van der Waals surface area contributed by atoms with Crippen molar-refractivity contribution in [1.82, 2.24) is 10.6 Å². The normalized spacial score (nSPS) is 27.2. The molecule has 1 aliphatic rings. The van der Waals surface area contributed by atoms with E-state index in [4.69, 9.17) is 0 Å². The van der Waals surface area contributed by atoms with E-state index in [1.54, 1.807) is 0 Å². The average Bonchev–Trinajstić information content (AvgIpc) is 2.28. The minimum absolute atomic E-state index is 0.00750. The number of nitrogens with one attached hydrogen (secondary N) is 2. The monoisotopic (exact) mass is 242 g/mol. The number of aliphatic hydroxyl groups is 1. The molecule has 1 rings (SSSR count). The van der Waals surface area contributed by atoms with Crippen LogP contribution in [0.15, 0.2) is 0 Å². The highest BCUT2D eigenvalue weighted by atomic mass is 16.3. The largest absolute Gasteiger partial charge is 0.394 e. The van der Waals surface area contributed by atoms with Crippen LogP contribution in [0.4, 0.5) is 0 Å². The van der Waals surface area contributed by atoms with Gasteiger partial charge in [0.15, 0.2) is 0 Å². The van der Waals surface area contributed by atoms with Gasteiger partial charge in [-0.15, -0.1) is 0 Å². The summed E-state index contributed by atoms with van der Waals surface area (Å²) in [6, 6.07) is -0.159. The maximum atomic E-state index is 12.3. The number of rotatable bonds is 4. The van der Waals surface area contributed by atoms with E-state index in [0.29, 0.717) is 0 Å². The summed E-state index contributed by atoms with van der Waals surface area (Å²) in [5, 5.41) is 15.6. The van der Waals surface area contributed by atoms with Gasteiger partial charge < -0.3 is 15.7 Å². The summed E-state index contributed by atoms with van der Waals surface area (Å²) >= 11 is 0. The highest BCUT2D eigenvalue weighted by molar-refractivity contribution is 5.83. The Morgan fingerprint density at radius 3 is 2.71 bits per heavy atom. The van der Waals surface area contributed by atoms with Gasteiger partial charge in [0.2, 0.25) is 5.91 Å². The third-order valence-electron chi connectivity index (χ3n) is 3.94. The van der Waals surface area contributed by atoms with E-state index in [9.17, 15) is 9.90 Å². The van der Waals surface area contributed by atoms with E-state index < -0.39 is 5.54 Å². The molecule has 4 nitrogen and oxygen atoms in total. The van der Waals surface area contributed by atoms with Crippen molar-refractivity contribution in [1.29, 1.82) is 0 Å². The maximum absolute atomic E-state index is 12.3. The Morgan fingerprint density at radius 2 is 2.24 bits per heavy atom. The zero-order valence-electron chi connectivity index (χ0n) is 11.5. The zero-order valence-corrected chi connectivity index (χ0v) is 11.5. The third kappa shape index (κ3) is 3.42. The molecule has 17 heavy (non-hydrogen) atoms. The molecule has 1 amide bonds. The number of carbonyl (C=O) groups excluding carboxylic acids is 1. The van der Waals surface area contributed by atoms with Gasteiger partial charge in [0.05, 0.1) is 18.2 Å². The summed E-state index contributed by atoms with van der Waals surface area (Å²) in [6.45, 7) is 8.94. The van der Waals surface area contributed by atoms with E-state index in [0.717, 1.165) is 25.8 Å². The second kappa shape index (κ2) is 5.36. The SMILES string of the molecule is CCC(C)(CO)NC(=O)C1NCCCC1(C)C. The molecule has 1 fully saturated rings. The van der Waals surface area contributed by atoms with E-state index >= 15 is 0 Å². The Balaban J connectivity index is 2.69. The predicted octanol–water partition coefficient (Wildman–Crippen LogP) is 1.04. The van der Waals surface area contributed by atoms with Crippen LogP contribution >= 0.6 is 0 Å². The van der Waals surface area contributed by atoms with Gasteiger partial charge in [0.1, 0.15) is 0 Å². The lowest BCUT2D eigenvalue weighted by Gasteiger charge is -2.40. The highest BCUT2D eigenvalue weighted by Gasteiger charge is 2.39. The molecule has 2 unspecified atom stereocenters. The van der Waals surface area contributed by atoms with Crippen LogP contribution < -0.4 is 10.6 Å². The van der Waals surface area contributed by atoms with Gasteiger partial charge in [-0.2, -0.15) is 0 Å². The molecule has 0 aromatic rings. The van der Waals surface area contributed by atoms with Crippen molar-refractivity contribution in [3.63, 3.8) is 0 Å². The Kier molecular flexibility index (Phi) is 4.55. The zero-order chi connectivity index (χ0) is 13.1. The van der Waals surface area contributed by atoms with E-state index in [1.807, 2.05) is 13.8 Å².